The second kappa shape index (κ2) is 9.47. The number of thiophene rings is 1. The van der Waals surface area contributed by atoms with Gasteiger partial charge < -0.3 is 14.0 Å². The summed E-state index contributed by atoms with van der Waals surface area (Å²) in [6.45, 7) is 4.18. The number of anilines is 1. The Kier molecular flexibility index (Phi) is 6.63. The van der Waals surface area contributed by atoms with Crippen LogP contribution in [0, 0.1) is 0 Å². The largest absolute Gasteiger partial charge is 0.497 e. The highest BCUT2D eigenvalue weighted by molar-refractivity contribution is 7.93. The lowest BCUT2D eigenvalue weighted by atomic mass is 10.0. The number of hydrogen-bond acceptors (Lipinski definition) is 8. The Labute approximate surface area is 202 Å². The first-order valence-electron chi connectivity index (χ1n) is 10.5. The number of benzene rings is 2. The Morgan fingerprint density at radius 3 is 2.24 bits per heavy atom. The summed E-state index contributed by atoms with van der Waals surface area (Å²) in [4.78, 5) is 4.93. The van der Waals surface area contributed by atoms with Gasteiger partial charge in [0.15, 0.2) is 0 Å². The van der Waals surface area contributed by atoms with E-state index in [9.17, 15) is 8.42 Å². The number of methoxy groups -OCH3 is 2. The predicted molar refractivity (Wildman–Crippen MR) is 132 cm³/mol. The molecule has 8 nitrogen and oxygen atoms in total. The van der Waals surface area contributed by atoms with E-state index in [4.69, 9.17) is 14.0 Å². The molecule has 0 aliphatic heterocycles. The summed E-state index contributed by atoms with van der Waals surface area (Å²) in [5.74, 6) is 1.92. The molecule has 0 aliphatic carbocycles. The second-order valence-corrected chi connectivity index (χ2v) is 10.7. The first kappa shape index (κ1) is 23.8. The molecule has 10 heteroatoms. The summed E-state index contributed by atoms with van der Waals surface area (Å²) in [5, 5.41) is 5.74. The van der Waals surface area contributed by atoms with Crippen molar-refractivity contribution in [3.8, 4) is 33.7 Å². The smallest absolute Gasteiger partial charge is 0.269 e. The molecular formula is C24H25N3O5S2. The van der Waals surface area contributed by atoms with Crippen LogP contribution in [-0.2, 0) is 10.0 Å². The Bertz CT molecular complexity index is 1370. The van der Waals surface area contributed by atoms with E-state index < -0.39 is 10.0 Å². The molecule has 2 heterocycles. The van der Waals surface area contributed by atoms with Gasteiger partial charge in [0.25, 0.3) is 15.9 Å². The molecular weight excluding hydrogens is 474 g/mol. The third kappa shape index (κ3) is 4.51. The van der Waals surface area contributed by atoms with Crippen molar-refractivity contribution in [2.45, 2.75) is 24.7 Å². The van der Waals surface area contributed by atoms with E-state index in [0.29, 0.717) is 39.4 Å². The predicted octanol–water partition coefficient (Wildman–Crippen LogP) is 5.43. The van der Waals surface area contributed by atoms with E-state index in [2.05, 4.69) is 24.0 Å². The molecule has 0 aliphatic rings. The summed E-state index contributed by atoms with van der Waals surface area (Å²) in [6.07, 6.45) is 0. The molecule has 34 heavy (non-hydrogen) atoms. The fourth-order valence-electron chi connectivity index (χ4n) is 3.38. The van der Waals surface area contributed by atoms with Crippen LogP contribution in [0.4, 0.5) is 5.69 Å². The van der Waals surface area contributed by atoms with E-state index in [1.165, 1.54) is 22.7 Å². The molecule has 0 fully saturated rings. The van der Waals surface area contributed by atoms with Gasteiger partial charge >= 0.3 is 0 Å². The summed E-state index contributed by atoms with van der Waals surface area (Å²) >= 11 is 1.22. The van der Waals surface area contributed by atoms with E-state index in [0.717, 1.165) is 5.56 Å². The lowest BCUT2D eigenvalue weighted by Gasteiger charge is -2.20. The maximum Gasteiger partial charge on any atom is 0.269 e. The maximum absolute atomic E-state index is 13.5. The third-order valence-electron chi connectivity index (χ3n) is 5.42. The van der Waals surface area contributed by atoms with Crippen molar-refractivity contribution in [2.75, 3.05) is 25.6 Å². The second-order valence-electron chi connectivity index (χ2n) is 7.86. The van der Waals surface area contributed by atoms with Gasteiger partial charge in [-0.25, -0.2) is 8.42 Å². The Morgan fingerprint density at radius 2 is 1.65 bits per heavy atom. The topological polar surface area (TPSA) is 94.8 Å². The van der Waals surface area contributed by atoms with Gasteiger partial charge in [-0.1, -0.05) is 31.1 Å². The first-order valence-corrected chi connectivity index (χ1v) is 12.8. The van der Waals surface area contributed by atoms with E-state index >= 15 is 0 Å². The third-order valence-corrected chi connectivity index (χ3v) is 8.28. The van der Waals surface area contributed by atoms with Crippen LogP contribution in [0.25, 0.3) is 22.2 Å². The average molecular weight is 500 g/mol. The Hall–Kier alpha value is -3.37. The van der Waals surface area contributed by atoms with Gasteiger partial charge in [-0.3, -0.25) is 4.31 Å². The molecule has 178 valence electrons. The Balaban J connectivity index is 1.68. The van der Waals surface area contributed by atoms with Gasteiger partial charge in [-0.15, -0.1) is 11.3 Å². The van der Waals surface area contributed by atoms with Crippen LogP contribution < -0.4 is 13.8 Å². The molecule has 0 amide bonds. The van der Waals surface area contributed by atoms with Crippen molar-refractivity contribution in [3.05, 3.63) is 59.5 Å². The summed E-state index contributed by atoms with van der Waals surface area (Å²) in [7, 11) is 0.772. The highest BCUT2D eigenvalue weighted by Gasteiger charge is 2.29. The van der Waals surface area contributed by atoms with Crippen LogP contribution in [0.1, 0.15) is 25.3 Å². The van der Waals surface area contributed by atoms with Crippen LogP contribution in [-0.4, -0.2) is 39.8 Å². The minimum Gasteiger partial charge on any atom is -0.497 e. The van der Waals surface area contributed by atoms with E-state index in [1.54, 1.807) is 56.0 Å². The fourth-order valence-corrected chi connectivity index (χ4v) is 5.89. The van der Waals surface area contributed by atoms with Gasteiger partial charge in [0.05, 0.1) is 19.9 Å². The minimum absolute atomic E-state index is 0.103. The lowest BCUT2D eigenvalue weighted by molar-refractivity contribution is 0.394. The highest BCUT2D eigenvalue weighted by atomic mass is 32.2. The molecule has 0 atom stereocenters. The van der Waals surface area contributed by atoms with Crippen LogP contribution in [0.15, 0.2) is 63.3 Å². The molecule has 4 rings (SSSR count). The zero-order valence-corrected chi connectivity index (χ0v) is 21.1. The van der Waals surface area contributed by atoms with Crippen molar-refractivity contribution in [2.24, 2.45) is 0 Å². The molecule has 4 aromatic rings. The molecule has 0 saturated heterocycles. The average Bonchev–Trinajstić information content (AvgIpc) is 3.53. The number of nitrogens with zero attached hydrogens (tertiary/aromatic N) is 3. The van der Waals surface area contributed by atoms with Gasteiger partial charge in [0.1, 0.15) is 21.3 Å². The normalized spacial score (nSPS) is 11.6. The number of aromatic nitrogens is 2. The van der Waals surface area contributed by atoms with Crippen molar-refractivity contribution in [3.63, 3.8) is 0 Å². The molecule has 2 aromatic carbocycles. The van der Waals surface area contributed by atoms with Gasteiger partial charge in [0.2, 0.25) is 5.82 Å². The Morgan fingerprint density at radius 1 is 1.00 bits per heavy atom. The monoisotopic (exact) mass is 499 g/mol. The lowest BCUT2D eigenvalue weighted by Crippen LogP contribution is -2.26. The van der Waals surface area contributed by atoms with Crippen molar-refractivity contribution in [1.29, 1.82) is 0 Å². The SMILES string of the molecule is COc1cc(OC)cc(-c2noc(-c3sccc3S(=O)(=O)N(C)c3ccc(C(C)C)cc3)n2)c1. The van der Waals surface area contributed by atoms with Crippen LogP contribution in [0.2, 0.25) is 0 Å². The first-order chi connectivity index (χ1) is 16.2. The molecule has 0 radical (unpaired) electrons. The molecule has 0 N–H and O–H groups in total. The standard InChI is InChI=1S/C24H25N3O5S2/c1-15(2)16-6-8-18(9-7-16)27(3)34(28,29)21-10-11-33-22(21)24-25-23(26-32-24)17-12-19(30-4)14-20(13-17)31-5/h6-15H,1-5H3. The molecule has 0 spiro atoms. The maximum atomic E-state index is 13.5. The zero-order valence-electron chi connectivity index (χ0n) is 19.5. The summed E-state index contributed by atoms with van der Waals surface area (Å²) in [5.41, 5.74) is 2.32. The van der Waals surface area contributed by atoms with E-state index in [-0.39, 0.29) is 10.8 Å². The number of hydrogen-bond donors (Lipinski definition) is 0. The summed E-state index contributed by atoms with van der Waals surface area (Å²) in [6, 6.07) is 14.3. The van der Waals surface area contributed by atoms with Crippen LogP contribution in [0.5, 0.6) is 11.5 Å². The highest BCUT2D eigenvalue weighted by Crippen LogP contribution is 2.36. The molecule has 0 saturated carbocycles. The molecule has 2 aromatic heterocycles. The van der Waals surface area contributed by atoms with Crippen LogP contribution in [0.3, 0.4) is 0 Å². The van der Waals surface area contributed by atoms with Crippen LogP contribution >= 0.6 is 11.3 Å². The minimum atomic E-state index is -3.86. The number of sulfonamides is 1. The summed E-state index contributed by atoms with van der Waals surface area (Å²) < 4.78 is 44.2. The number of rotatable bonds is 8. The van der Waals surface area contributed by atoms with Gasteiger partial charge in [0, 0.05) is 18.7 Å². The molecule has 0 bridgehead atoms. The van der Waals surface area contributed by atoms with Crippen molar-refractivity contribution >= 4 is 27.0 Å². The number of ether oxygens (including phenoxy) is 2. The van der Waals surface area contributed by atoms with Gasteiger partial charge in [-0.05, 0) is 47.2 Å². The van der Waals surface area contributed by atoms with E-state index in [1.807, 2.05) is 12.1 Å². The van der Waals surface area contributed by atoms with Crippen molar-refractivity contribution < 1.29 is 22.4 Å². The zero-order chi connectivity index (χ0) is 24.5. The van der Waals surface area contributed by atoms with Crippen molar-refractivity contribution in [1.82, 2.24) is 10.1 Å². The quantitative estimate of drug-likeness (QED) is 0.319. The van der Waals surface area contributed by atoms with Gasteiger partial charge in [-0.2, -0.15) is 4.98 Å². The molecule has 0 unspecified atom stereocenters. The fraction of sp³-hybridized carbons (Fsp3) is 0.250.